The molecule has 9 nitrogen and oxygen atoms in total. The van der Waals surface area contributed by atoms with E-state index in [1.54, 1.807) is 23.4 Å². The van der Waals surface area contributed by atoms with Gasteiger partial charge in [0, 0.05) is 30.7 Å². The van der Waals surface area contributed by atoms with Crippen LogP contribution in [-0.4, -0.2) is 51.5 Å². The third-order valence-corrected chi connectivity index (χ3v) is 5.14. The Balaban J connectivity index is 1.97. The molecule has 3 aromatic heterocycles. The second kappa shape index (κ2) is 7.24. The van der Waals surface area contributed by atoms with Crippen LogP contribution < -0.4 is 16.1 Å². The highest BCUT2D eigenvalue weighted by Crippen LogP contribution is 2.25. The van der Waals surface area contributed by atoms with Crippen molar-refractivity contribution in [3.63, 3.8) is 0 Å². The molecule has 28 heavy (non-hydrogen) atoms. The highest BCUT2D eigenvalue weighted by molar-refractivity contribution is 7.12. The third kappa shape index (κ3) is 3.12. The molecule has 1 aliphatic heterocycles. The molecule has 2 N–H and O–H groups in total. The van der Waals surface area contributed by atoms with Crippen LogP contribution in [0.3, 0.4) is 0 Å². The molecule has 0 saturated carbocycles. The maximum Gasteiger partial charge on any atom is 0.362 e. The summed E-state index contributed by atoms with van der Waals surface area (Å²) in [5, 5.41) is 6.16. The molecular weight excluding hydrogens is 387 g/mol. The van der Waals surface area contributed by atoms with Crippen molar-refractivity contribution in [2.24, 2.45) is 5.73 Å². The number of aromatic nitrogens is 4. The predicted octanol–water partition coefficient (Wildman–Crippen LogP) is 1.09. The summed E-state index contributed by atoms with van der Waals surface area (Å²) in [6, 6.07) is 1.01. The van der Waals surface area contributed by atoms with Crippen molar-refractivity contribution < 1.29 is 13.9 Å². The number of nitrogens with two attached hydrogens (primary N) is 1. The van der Waals surface area contributed by atoms with E-state index in [9.17, 15) is 14.0 Å². The average molecular weight is 404 g/mol. The Morgan fingerprint density at radius 3 is 2.96 bits per heavy atom. The van der Waals surface area contributed by atoms with Gasteiger partial charge in [0.2, 0.25) is 16.3 Å². The quantitative estimate of drug-likeness (QED) is 0.643. The van der Waals surface area contributed by atoms with E-state index in [1.807, 2.05) is 0 Å². The van der Waals surface area contributed by atoms with Gasteiger partial charge in [0.25, 0.3) is 0 Å². The number of esters is 1. The first kappa shape index (κ1) is 18.4. The van der Waals surface area contributed by atoms with Crippen molar-refractivity contribution in [3.05, 3.63) is 39.4 Å². The molecule has 4 rings (SSSR count). The lowest BCUT2D eigenvalue weighted by atomic mass is 10.2. The standard InChI is InChI=1S/C17H17FN6O3S/c1-2-27-16(26)12-13(25)10-7-11(18)15(23-5-3-9(19)8-23)21-14(10)24(22-12)17-20-4-6-28-17/h4,6-7,9H,2-3,5,8,19H2,1H3. The lowest BCUT2D eigenvalue weighted by Crippen LogP contribution is -2.29. The molecule has 0 spiro atoms. The van der Waals surface area contributed by atoms with E-state index in [0.717, 1.165) is 12.5 Å². The van der Waals surface area contributed by atoms with E-state index in [-0.39, 0.29) is 29.5 Å². The molecule has 1 fully saturated rings. The number of thiazole rings is 1. The van der Waals surface area contributed by atoms with Crippen molar-refractivity contribution in [2.45, 2.75) is 19.4 Å². The first-order chi connectivity index (χ1) is 13.5. The van der Waals surface area contributed by atoms with Crippen molar-refractivity contribution in [1.29, 1.82) is 0 Å². The number of anilines is 1. The first-order valence-corrected chi connectivity index (χ1v) is 9.58. The number of rotatable bonds is 4. The SMILES string of the molecule is CCOC(=O)c1nn(-c2nccs2)c2nc(N3CCC(N)C3)c(F)cc2c1=O. The zero-order chi connectivity index (χ0) is 19.8. The highest BCUT2D eigenvalue weighted by Gasteiger charge is 2.27. The molecule has 4 heterocycles. The Labute approximate surface area is 162 Å². The van der Waals surface area contributed by atoms with Crippen LogP contribution in [0.1, 0.15) is 23.8 Å². The number of pyridine rings is 1. The van der Waals surface area contributed by atoms with Crippen molar-refractivity contribution >= 4 is 34.2 Å². The largest absolute Gasteiger partial charge is 0.461 e. The van der Waals surface area contributed by atoms with E-state index in [4.69, 9.17) is 10.5 Å². The normalized spacial score (nSPS) is 16.7. The zero-order valence-corrected chi connectivity index (χ0v) is 15.8. The average Bonchev–Trinajstić information content (AvgIpc) is 3.34. The summed E-state index contributed by atoms with van der Waals surface area (Å²) < 4.78 is 21.0. The van der Waals surface area contributed by atoms with E-state index >= 15 is 0 Å². The fraction of sp³-hybridized carbons (Fsp3) is 0.353. The topological polar surface area (TPSA) is 116 Å². The number of ether oxygens (including phenoxy) is 1. The van der Waals surface area contributed by atoms with Gasteiger partial charge in [0.15, 0.2) is 17.3 Å². The molecular formula is C17H17FN6O3S. The van der Waals surface area contributed by atoms with Crippen LogP contribution in [0.4, 0.5) is 10.2 Å². The van der Waals surface area contributed by atoms with Gasteiger partial charge in [-0.05, 0) is 19.4 Å². The Kier molecular flexibility index (Phi) is 4.77. The molecule has 0 bridgehead atoms. The minimum atomic E-state index is -0.880. The summed E-state index contributed by atoms with van der Waals surface area (Å²) >= 11 is 1.24. The molecule has 146 valence electrons. The van der Waals surface area contributed by atoms with E-state index in [1.165, 1.54) is 16.0 Å². The Morgan fingerprint density at radius 2 is 2.32 bits per heavy atom. The summed E-state index contributed by atoms with van der Waals surface area (Å²) in [5.41, 5.74) is 4.85. The van der Waals surface area contributed by atoms with Crippen LogP contribution in [0.15, 0.2) is 22.4 Å². The van der Waals surface area contributed by atoms with Gasteiger partial charge in [0.05, 0.1) is 12.0 Å². The smallest absolute Gasteiger partial charge is 0.362 e. The summed E-state index contributed by atoms with van der Waals surface area (Å²) in [7, 11) is 0. The van der Waals surface area contributed by atoms with Crippen LogP contribution in [0.5, 0.6) is 0 Å². The second-order valence-electron chi connectivity index (χ2n) is 6.28. The molecule has 1 saturated heterocycles. The van der Waals surface area contributed by atoms with Gasteiger partial charge in [-0.1, -0.05) is 0 Å². The Morgan fingerprint density at radius 1 is 1.50 bits per heavy atom. The molecule has 0 aliphatic carbocycles. The number of carbonyl (C=O) groups excluding carboxylic acids is 1. The number of carbonyl (C=O) groups is 1. The maximum absolute atomic E-state index is 14.8. The fourth-order valence-corrected chi connectivity index (χ4v) is 3.70. The molecule has 0 radical (unpaired) electrons. The Bertz CT molecular complexity index is 1100. The zero-order valence-electron chi connectivity index (χ0n) is 15.0. The number of fused-ring (bicyclic) bond motifs is 1. The van der Waals surface area contributed by atoms with Gasteiger partial charge < -0.3 is 15.4 Å². The lowest BCUT2D eigenvalue weighted by molar-refractivity contribution is 0.0516. The molecule has 1 atom stereocenters. The summed E-state index contributed by atoms with van der Waals surface area (Å²) in [6.45, 7) is 2.72. The second-order valence-corrected chi connectivity index (χ2v) is 7.16. The van der Waals surface area contributed by atoms with Crippen molar-refractivity contribution in [2.75, 3.05) is 24.6 Å². The number of nitrogens with zero attached hydrogens (tertiary/aromatic N) is 5. The minimum Gasteiger partial charge on any atom is -0.461 e. The van der Waals surface area contributed by atoms with Crippen LogP contribution in [-0.2, 0) is 4.74 Å². The number of hydrogen-bond acceptors (Lipinski definition) is 9. The van der Waals surface area contributed by atoms with Crippen LogP contribution >= 0.6 is 11.3 Å². The number of halogens is 1. The maximum atomic E-state index is 14.8. The fourth-order valence-electron chi connectivity index (χ4n) is 3.11. The van der Waals surface area contributed by atoms with Crippen molar-refractivity contribution in [1.82, 2.24) is 19.7 Å². The molecule has 3 aromatic rings. The van der Waals surface area contributed by atoms with Crippen LogP contribution in [0, 0.1) is 5.82 Å². The minimum absolute atomic E-state index is 0.0673. The molecule has 0 amide bonds. The van der Waals surface area contributed by atoms with Gasteiger partial charge in [-0.2, -0.15) is 9.78 Å². The van der Waals surface area contributed by atoms with Crippen LogP contribution in [0.25, 0.3) is 16.2 Å². The summed E-state index contributed by atoms with van der Waals surface area (Å²) in [6.07, 6.45) is 2.28. The van der Waals surface area contributed by atoms with Crippen LogP contribution in [0.2, 0.25) is 0 Å². The van der Waals surface area contributed by atoms with Gasteiger partial charge >= 0.3 is 5.97 Å². The molecule has 11 heteroatoms. The van der Waals surface area contributed by atoms with Gasteiger partial charge in [-0.3, -0.25) is 4.79 Å². The van der Waals surface area contributed by atoms with E-state index in [0.29, 0.717) is 18.2 Å². The molecule has 1 unspecified atom stereocenters. The monoisotopic (exact) mass is 404 g/mol. The number of hydrogen-bond donors (Lipinski definition) is 1. The van der Waals surface area contributed by atoms with Gasteiger partial charge in [0.1, 0.15) is 0 Å². The third-order valence-electron chi connectivity index (χ3n) is 4.39. The highest BCUT2D eigenvalue weighted by atomic mass is 32.1. The van der Waals surface area contributed by atoms with E-state index < -0.39 is 22.9 Å². The Hall–Kier alpha value is -2.92. The first-order valence-electron chi connectivity index (χ1n) is 8.70. The predicted molar refractivity (Wildman–Crippen MR) is 102 cm³/mol. The lowest BCUT2D eigenvalue weighted by Gasteiger charge is -2.18. The van der Waals surface area contributed by atoms with Gasteiger partial charge in [-0.25, -0.2) is 19.2 Å². The van der Waals surface area contributed by atoms with Gasteiger partial charge in [-0.15, -0.1) is 11.3 Å². The molecule has 0 aromatic carbocycles. The summed E-state index contributed by atoms with van der Waals surface area (Å²) in [4.78, 5) is 35.2. The van der Waals surface area contributed by atoms with E-state index in [2.05, 4.69) is 15.1 Å². The van der Waals surface area contributed by atoms with Crippen molar-refractivity contribution in [3.8, 4) is 5.13 Å². The summed E-state index contributed by atoms with van der Waals surface area (Å²) in [5.74, 6) is -1.45. The molecule has 1 aliphatic rings.